The highest BCUT2D eigenvalue weighted by molar-refractivity contribution is 5.94. The first-order chi connectivity index (χ1) is 13.6. The van der Waals surface area contributed by atoms with E-state index in [1.165, 1.54) is 12.8 Å². The molecule has 148 valence electrons. The van der Waals surface area contributed by atoms with Crippen LogP contribution in [0, 0.1) is 12.8 Å². The molecule has 1 saturated heterocycles. The van der Waals surface area contributed by atoms with Crippen LogP contribution < -0.4 is 4.74 Å². The van der Waals surface area contributed by atoms with E-state index >= 15 is 0 Å². The van der Waals surface area contributed by atoms with Gasteiger partial charge in [0.15, 0.2) is 0 Å². The van der Waals surface area contributed by atoms with Crippen LogP contribution in [-0.4, -0.2) is 48.7 Å². The summed E-state index contributed by atoms with van der Waals surface area (Å²) in [5.41, 5.74) is 3.94. The third kappa shape index (κ3) is 4.36. The number of amides is 1. The van der Waals surface area contributed by atoms with Crippen molar-refractivity contribution in [2.75, 3.05) is 26.8 Å². The second-order valence-corrected chi connectivity index (χ2v) is 7.91. The molecule has 1 atom stereocenters. The zero-order valence-corrected chi connectivity index (χ0v) is 16.7. The second kappa shape index (κ2) is 8.31. The molecule has 0 N–H and O–H groups in total. The molecule has 1 aromatic heterocycles. The second-order valence-electron chi connectivity index (χ2n) is 7.91. The lowest BCUT2D eigenvalue weighted by molar-refractivity contribution is 0.0515. The SMILES string of the molecule is COc1cc(C)c(-c2ccc(C(=O)N(CC3CC3)CC3CCCO3)cc2)cn1. The van der Waals surface area contributed by atoms with Gasteiger partial charge in [0.1, 0.15) is 0 Å². The van der Waals surface area contributed by atoms with Gasteiger partial charge in [-0.25, -0.2) is 4.98 Å². The Morgan fingerprint density at radius 2 is 2.00 bits per heavy atom. The Morgan fingerprint density at radius 1 is 1.21 bits per heavy atom. The average molecular weight is 380 g/mol. The van der Waals surface area contributed by atoms with Crippen molar-refractivity contribution in [1.29, 1.82) is 0 Å². The zero-order chi connectivity index (χ0) is 19.5. The van der Waals surface area contributed by atoms with E-state index < -0.39 is 0 Å². The Balaban J connectivity index is 1.50. The number of benzene rings is 1. The van der Waals surface area contributed by atoms with Gasteiger partial charge in [0.2, 0.25) is 5.88 Å². The van der Waals surface area contributed by atoms with E-state index in [1.54, 1.807) is 7.11 Å². The maximum atomic E-state index is 13.1. The molecule has 1 aliphatic carbocycles. The minimum Gasteiger partial charge on any atom is -0.481 e. The summed E-state index contributed by atoms with van der Waals surface area (Å²) in [5, 5.41) is 0. The number of hydrogen-bond acceptors (Lipinski definition) is 4. The summed E-state index contributed by atoms with van der Waals surface area (Å²) in [7, 11) is 1.62. The third-order valence-corrected chi connectivity index (χ3v) is 5.65. The average Bonchev–Trinajstić information content (AvgIpc) is 3.39. The van der Waals surface area contributed by atoms with Gasteiger partial charge in [0.05, 0.1) is 13.2 Å². The molecule has 5 heteroatoms. The predicted molar refractivity (Wildman–Crippen MR) is 109 cm³/mol. The number of pyridine rings is 1. The van der Waals surface area contributed by atoms with Crippen molar-refractivity contribution >= 4 is 5.91 Å². The van der Waals surface area contributed by atoms with Crippen LogP contribution in [0.5, 0.6) is 5.88 Å². The molecule has 28 heavy (non-hydrogen) atoms. The fraction of sp³-hybridized carbons (Fsp3) is 0.478. The Hall–Kier alpha value is -2.40. The van der Waals surface area contributed by atoms with E-state index in [4.69, 9.17) is 9.47 Å². The van der Waals surface area contributed by atoms with Gasteiger partial charge in [-0.05, 0) is 61.8 Å². The van der Waals surface area contributed by atoms with Crippen molar-refractivity contribution in [3.8, 4) is 17.0 Å². The summed E-state index contributed by atoms with van der Waals surface area (Å²) >= 11 is 0. The first-order valence-corrected chi connectivity index (χ1v) is 10.2. The molecule has 0 bridgehead atoms. The van der Waals surface area contributed by atoms with E-state index in [0.717, 1.165) is 48.2 Å². The van der Waals surface area contributed by atoms with Gasteiger partial charge in [0, 0.05) is 43.1 Å². The van der Waals surface area contributed by atoms with E-state index in [2.05, 4.69) is 4.98 Å². The molecule has 1 aliphatic heterocycles. The van der Waals surface area contributed by atoms with Crippen LogP contribution in [0.15, 0.2) is 36.5 Å². The van der Waals surface area contributed by atoms with Crippen LogP contribution in [0.3, 0.4) is 0 Å². The number of carbonyl (C=O) groups excluding carboxylic acids is 1. The Labute approximate surface area is 166 Å². The summed E-state index contributed by atoms with van der Waals surface area (Å²) in [5.74, 6) is 1.38. The van der Waals surface area contributed by atoms with Crippen molar-refractivity contribution in [2.45, 2.75) is 38.7 Å². The lowest BCUT2D eigenvalue weighted by Crippen LogP contribution is -2.38. The van der Waals surface area contributed by atoms with Crippen molar-refractivity contribution < 1.29 is 14.3 Å². The van der Waals surface area contributed by atoms with E-state index in [-0.39, 0.29) is 12.0 Å². The van der Waals surface area contributed by atoms with Gasteiger partial charge in [-0.2, -0.15) is 0 Å². The molecule has 4 rings (SSSR count). The van der Waals surface area contributed by atoms with Gasteiger partial charge < -0.3 is 14.4 Å². The van der Waals surface area contributed by atoms with E-state index in [0.29, 0.717) is 18.3 Å². The maximum Gasteiger partial charge on any atom is 0.253 e. The van der Waals surface area contributed by atoms with Crippen LogP contribution in [-0.2, 0) is 4.74 Å². The molecule has 1 aromatic carbocycles. The van der Waals surface area contributed by atoms with Crippen molar-refractivity contribution in [3.05, 3.63) is 47.7 Å². The van der Waals surface area contributed by atoms with Gasteiger partial charge >= 0.3 is 0 Å². The quantitative estimate of drug-likeness (QED) is 0.726. The third-order valence-electron chi connectivity index (χ3n) is 5.65. The number of hydrogen-bond donors (Lipinski definition) is 0. The molecule has 2 fully saturated rings. The van der Waals surface area contributed by atoms with Gasteiger partial charge in [-0.3, -0.25) is 4.79 Å². The standard InChI is InChI=1S/C23H28N2O3/c1-16-12-22(27-2)24-13-21(16)18-7-9-19(10-8-18)23(26)25(14-17-5-6-17)15-20-4-3-11-28-20/h7-10,12-13,17,20H,3-6,11,14-15H2,1-2H3. The Morgan fingerprint density at radius 3 is 2.61 bits per heavy atom. The molecule has 1 unspecified atom stereocenters. The van der Waals surface area contributed by atoms with Crippen LogP contribution in [0.2, 0.25) is 0 Å². The molecular formula is C23H28N2O3. The van der Waals surface area contributed by atoms with Crippen LogP contribution in [0.4, 0.5) is 0 Å². The Bertz CT molecular complexity index is 824. The smallest absolute Gasteiger partial charge is 0.253 e. The fourth-order valence-corrected chi connectivity index (χ4v) is 3.81. The fourth-order valence-electron chi connectivity index (χ4n) is 3.81. The Kier molecular flexibility index (Phi) is 5.62. The number of ether oxygens (including phenoxy) is 2. The van der Waals surface area contributed by atoms with E-state index in [1.807, 2.05) is 48.4 Å². The maximum absolute atomic E-state index is 13.1. The summed E-state index contributed by atoms with van der Waals surface area (Å²) < 4.78 is 11.0. The molecule has 5 nitrogen and oxygen atoms in total. The molecule has 0 radical (unpaired) electrons. The van der Waals surface area contributed by atoms with Gasteiger partial charge in [0.25, 0.3) is 5.91 Å². The summed E-state index contributed by atoms with van der Waals surface area (Å²) in [6.07, 6.45) is 6.63. The summed E-state index contributed by atoms with van der Waals surface area (Å²) in [6.45, 7) is 4.41. The van der Waals surface area contributed by atoms with Crippen LogP contribution in [0.1, 0.15) is 41.6 Å². The molecule has 0 spiro atoms. The predicted octanol–water partition coefficient (Wildman–Crippen LogP) is 4.10. The minimum atomic E-state index is 0.110. The van der Waals surface area contributed by atoms with Crippen LogP contribution >= 0.6 is 0 Å². The van der Waals surface area contributed by atoms with Crippen LogP contribution in [0.25, 0.3) is 11.1 Å². The molecular weight excluding hydrogens is 352 g/mol. The summed E-state index contributed by atoms with van der Waals surface area (Å²) in [6, 6.07) is 9.79. The first kappa shape index (κ1) is 18.9. The van der Waals surface area contributed by atoms with Crippen molar-refractivity contribution in [2.24, 2.45) is 5.92 Å². The number of aromatic nitrogens is 1. The first-order valence-electron chi connectivity index (χ1n) is 10.2. The summed E-state index contributed by atoms with van der Waals surface area (Å²) in [4.78, 5) is 19.4. The molecule has 2 aromatic rings. The minimum absolute atomic E-state index is 0.110. The monoisotopic (exact) mass is 380 g/mol. The largest absolute Gasteiger partial charge is 0.481 e. The highest BCUT2D eigenvalue weighted by Gasteiger charge is 2.30. The number of rotatable bonds is 7. The van der Waals surface area contributed by atoms with Crippen molar-refractivity contribution in [1.82, 2.24) is 9.88 Å². The van der Waals surface area contributed by atoms with Gasteiger partial charge in [-0.15, -0.1) is 0 Å². The van der Waals surface area contributed by atoms with Crippen molar-refractivity contribution in [3.63, 3.8) is 0 Å². The normalized spacial score (nSPS) is 18.9. The highest BCUT2D eigenvalue weighted by Crippen LogP contribution is 2.31. The topological polar surface area (TPSA) is 51.7 Å². The molecule has 2 heterocycles. The molecule has 1 amide bonds. The molecule has 1 saturated carbocycles. The number of methoxy groups -OCH3 is 1. The number of carbonyl (C=O) groups is 1. The zero-order valence-electron chi connectivity index (χ0n) is 16.7. The highest BCUT2D eigenvalue weighted by atomic mass is 16.5. The van der Waals surface area contributed by atoms with Gasteiger partial charge in [-0.1, -0.05) is 12.1 Å². The lowest BCUT2D eigenvalue weighted by atomic mass is 10.0. The van der Waals surface area contributed by atoms with E-state index in [9.17, 15) is 4.79 Å². The number of nitrogens with zero attached hydrogens (tertiary/aromatic N) is 2. The number of aryl methyl sites for hydroxylation is 1. The lowest BCUT2D eigenvalue weighted by Gasteiger charge is -2.25. The molecule has 2 aliphatic rings.